The SMILES string of the molecule is CC(OC(=O)Nc1ncnn1-c1ccc(-c2ccc(CC(=O)O)cc2)cc1)c1ccccc1Cl. The first kappa shape index (κ1) is 23.0. The zero-order chi connectivity index (χ0) is 24.1. The summed E-state index contributed by atoms with van der Waals surface area (Å²) in [5.41, 5.74) is 4.04. The van der Waals surface area contributed by atoms with Crippen LogP contribution in [0.4, 0.5) is 10.7 Å². The van der Waals surface area contributed by atoms with Gasteiger partial charge in [0.25, 0.3) is 0 Å². The predicted molar refractivity (Wildman–Crippen MR) is 128 cm³/mol. The number of nitrogens with zero attached hydrogens (tertiary/aromatic N) is 3. The molecule has 1 atom stereocenters. The molecule has 8 nitrogen and oxygen atoms in total. The topological polar surface area (TPSA) is 106 Å². The van der Waals surface area contributed by atoms with Crippen LogP contribution in [0.2, 0.25) is 5.02 Å². The van der Waals surface area contributed by atoms with E-state index in [1.165, 1.54) is 11.0 Å². The van der Waals surface area contributed by atoms with Gasteiger partial charge in [0.05, 0.1) is 12.1 Å². The number of amides is 1. The maximum absolute atomic E-state index is 12.4. The molecule has 0 fully saturated rings. The second kappa shape index (κ2) is 10.2. The molecule has 172 valence electrons. The molecule has 1 unspecified atom stereocenters. The first-order valence-corrected chi connectivity index (χ1v) is 10.8. The van der Waals surface area contributed by atoms with Crippen LogP contribution in [-0.4, -0.2) is 31.9 Å². The van der Waals surface area contributed by atoms with Crippen LogP contribution in [-0.2, 0) is 16.0 Å². The molecule has 1 aromatic heterocycles. The van der Waals surface area contributed by atoms with Crippen molar-refractivity contribution in [2.45, 2.75) is 19.4 Å². The van der Waals surface area contributed by atoms with Gasteiger partial charge in [-0.05, 0) is 41.8 Å². The lowest BCUT2D eigenvalue weighted by molar-refractivity contribution is -0.136. The van der Waals surface area contributed by atoms with Gasteiger partial charge >= 0.3 is 12.1 Å². The van der Waals surface area contributed by atoms with E-state index in [2.05, 4.69) is 15.4 Å². The highest BCUT2D eigenvalue weighted by molar-refractivity contribution is 6.31. The highest BCUT2D eigenvalue weighted by Gasteiger charge is 2.17. The third kappa shape index (κ3) is 5.41. The molecule has 0 aliphatic carbocycles. The maximum atomic E-state index is 12.4. The molecule has 0 bridgehead atoms. The summed E-state index contributed by atoms with van der Waals surface area (Å²) in [6.45, 7) is 1.73. The van der Waals surface area contributed by atoms with E-state index in [0.29, 0.717) is 16.3 Å². The Morgan fingerprint density at radius 1 is 1.03 bits per heavy atom. The molecule has 1 amide bonds. The molecule has 0 saturated heterocycles. The molecule has 4 aromatic rings. The summed E-state index contributed by atoms with van der Waals surface area (Å²) in [6, 6.07) is 22.0. The summed E-state index contributed by atoms with van der Waals surface area (Å²) in [5.74, 6) is -0.654. The number of carbonyl (C=O) groups excluding carboxylic acids is 1. The van der Waals surface area contributed by atoms with Crippen LogP contribution in [0.5, 0.6) is 0 Å². The van der Waals surface area contributed by atoms with Crippen molar-refractivity contribution in [2.24, 2.45) is 0 Å². The summed E-state index contributed by atoms with van der Waals surface area (Å²) < 4.78 is 6.93. The molecule has 34 heavy (non-hydrogen) atoms. The third-order valence-electron chi connectivity index (χ3n) is 5.14. The van der Waals surface area contributed by atoms with Crippen LogP contribution in [0.15, 0.2) is 79.1 Å². The first-order chi connectivity index (χ1) is 16.4. The number of benzene rings is 3. The van der Waals surface area contributed by atoms with E-state index in [1.807, 2.05) is 42.5 Å². The molecule has 0 radical (unpaired) electrons. The summed E-state index contributed by atoms with van der Waals surface area (Å²) in [5, 5.41) is 16.2. The summed E-state index contributed by atoms with van der Waals surface area (Å²) in [6.07, 6.45) is 0.0919. The highest BCUT2D eigenvalue weighted by atomic mass is 35.5. The van der Waals surface area contributed by atoms with E-state index in [4.69, 9.17) is 21.4 Å². The van der Waals surface area contributed by atoms with Gasteiger partial charge in [-0.15, -0.1) is 0 Å². The van der Waals surface area contributed by atoms with Crippen molar-refractivity contribution in [1.29, 1.82) is 0 Å². The number of nitrogens with one attached hydrogen (secondary N) is 1. The number of hydrogen-bond acceptors (Lipinski definition) is 5. The summed E-state index contributed by atoms with van der Waals surface area (Å²) in [4.78, 5) is 27.4. The molecule has 4 rings (SSSR count). The van der Waals surface area contributed by atoms with E-state index in [1.54, 1.807) is 37.3 Å². The predicted octanol–water partition coefficient (Wildman–Crippen LogP) is 5.52. The monoisotopic (exact) mass is 476 g/mol. The second-order valence-corrected chi connectivity index (χ2v) is 7.91. The number of aliphatic carboxylic acids is 1. The quantitative estimate of drug-likeness (QED) is 0.363. The fourth-order valence-corrected chi connectivity index (χ4v) is 3.74. The lowest BCUT2D eigenvalue weighted by Gasteiger charge is -2.15. The van der Waals surface area contributed by atoms with Gasteiger partial charge in [-0.25, -0.2) is 4.79 Å². The Labute approximate surface area is 200 Å². The molecule has 0 aliphatic heterocycles. The Kier molecular flexibility index (Phi) is 6.89. The van der Waals surface area contributed by atoms with Crippen molar-refractivity contribution < 1.29 is 19.4 Å². The van der Waals surface area contributed by atoms with Crippen LogP contribution in [0.1, 0.15) is 24.2 Å². The standard InChI is InChI=1S/C25H21ClN4O4/c1-16(21-4-2-3-5-22(21)26)34-25(33)29-24-27-15-28-30(24)20-12-10-19(11-13-20)18-8-6-17(7-9-18)14-23(31)32/h2-13,15-16H,14H2,1H3,(H,31,32)(H,27,28,29,33). The van der Waals surface area contributed by atoms with Crippen molar-refractivity contribution in [2.75, 3.05) is 5.32 Å². The molecular formula is C25H21ClN4O4. The number of carboxylic acid groups (broad SMARTS) is 1. The number of carboxylic acids is 1. The lowest BCUT2D eigenvalue weighted by atomic mass is 10.0. The number of hydrogen-bond donors (Lipinski definition) is 2. The van der Waals surface area contributed by atoms with Gasteiger partial charge in [-0.3, -0.25) is 10.1 Å². The average Bonchev–Trinajstić information content (AvgIpc) is 3.27. The van der Waals surface area contributed by atoms with Crippen molar-refractivity contribution in [1.82, 2.24) is 14.8 Å². The third-order valence-corrected chi connectivity index (χ3v) is 5.49. The van der Waals surface area contributed by atoms with E-state index >= 15 is 0 Å². The first-order valence-electron chi connectivity index (χ1n) is 10.4. The maximum Gasteiger partial charge on any atom is 0.414 e. The number of carbonyl (C=O) groups is 2. The Hall–Kier alpha value is -4.17. The zero-order valence-corrected chi connectivity index (χ0v) is 18.9. The van der Waals surface area contributed by atoms with Crippen LogP contribution >= 0.6 is 11.6 Å². The molecule has 3 aromatic carbocycles. The smallest absolute Gasteiger partial charge is 0.414 e. The van der Waals surface area contributed by atoms with Crippen molar-refractivity contribution in [3.8, 4) is 16.8 Å². The molecule has 9 heteroatoms. The molecular weight excluding hydrogens is 456 g/mol. The Morgan fingerprint density at radius 2 is 1.68 bits per heavy atom. The molecule has 2 N–H and O–H groups in total. The van der Waals surface area contributed by atoms with Crippen LogP contribution in [0, 0.1) is 0 Å². The molecule has 0 aliphatic rings. The fourth-order valence-electron chi connectivity index (χ4n) is 3.45. The van der Waals surface area contributed by atoms with Crippen molar-refractivity contribution in [3.63, 3.8) is 0 Å². The average molecular weight is 477 g/mol. The highest BCUT2D eigenvalue weighted by Crippen LogP contribution is 2.26. The van der Waals surface area contributed by atoms with E-state index in [0.717, 1.165) is 16.7 Å². The second-order valence-electron chi connectivity index (χ2n) is 7.50. The minimum Gasteiger partial charge on any atom is -0.481 e. The van der Waals surface area contributed by atoms with E-state index in [-0.39, 0.29) is 12.4 Å². The van der Waals surface area contributed by atoms with Gasteiger partial charge in [0.1, 0.15) is 12.4 Å². The van der Waals surface area contributed by atoms with Gasteiger partial charge in [-0.2, -0.15) is 14.8 Å². The van der Waals surface area contributed by atoms with Gasteiger partial charge in [0, 0.05) is 10.6 Å². The van der Waals surface area contributed by atoms with Crippen LogP contribution in [0.25, 0.3) is 16.8 Å². The Balaban J connectivity index is 1.44. The van der Waals surface area contributed by atoms with Crippen molar-refractivity contribution >= 4 is 29.6 Å². The number of rotatable bonds is 7. The largest absolute Gasteiger partial charge is 0.481 e. The molecule has 1 heterocycles. The number of anilines is 1. The van der Waals surface area contributed by atoms with E-state index in [9.17, 15) is 9.59 Å². The summed E-state index contributed by atoms with van der Waals surface area (Å²) >= 11 is 6.17. The van der Waals surface area contributed by atoms with Gasteiger partial charge < -0.3 is 9.84 Å². The molecule has 0 spiro atoms. The zero-order valence-electron chi connectivity index (χ0n) is 18.2. The van der Waals surface area contributed by atoms with Crippen molar-refractivity contribution in [3.05, 3.63) is 95.3 Å². The van der Waals surface area contributed by atoms with Gasteiger partial charge in [-0.1, -0.05) is 66.2 Å². The Morgan fingerprint density at radius 3 is 2.32 bits per heavy atom. The van der Waals surface area contributed by atoms with E-state index < -0.39 is 18.2 Å². The summed E-state index contributed by atoms with van der Waals surface area (Å²) in [7, 11) is 0. The van der Waals surface area contributed by atoms with Crippen LogP contribution in [0.3, 0.4) is 0 Å². The lowest BCUT2D eigenvalue weighted by Crippen LogP contribution is -2.19. The Bertz CT molecular complexity index is 1300. The number of halogens is 1. The number of aromatic nitrogens is 3. The molecule has 0 saturated carbocycles. The normalized spacial score (nSPS) is 11.6. The van der Waals surface area contributed by atoms with Gasteiger partial charge in [0.2, 0.25) is 5.95 Å². The minimum atomic E-state index is -0.864. The van der Waals surface area contributed by atoms with Gasteiger partial charge in [0.15, 0.2) is 0 Å². The number of ether oxygens (including phenoxy) is 1. The minimum absolute atomic E-state index is 0.0130. The van der Waals surface area contributed by atoms with Crippen LogP contribution < -0.4 is 5.32 Å². The fraction of sp³-hybridized carbons (Fsp3) is 0.120.